The summed E-state index contributed by atoms with van der Waals surface area (Å²) in [7, 11) is 0. The molecule has 12 heteroatoms. The molecule has 0 bridgehead atoms. The summed E-state index contributed by atoms with van der Waals surface area (Å²) >= 11 is 14.1. The number of aliphatic carboxylic acids is 1. The van der Waals surface area contributed by atoms with E-state index in [1.54, 1.807) is 30.0 Å². The molecule has 3 atom stereocenters. The number of aliphatic hydroxyl groups is 1. The maximum Gasteiger partial charge on any atom is 0.328 e. The van der Waals surface area contributed by atoms with Gasteiger partial charge in [-0.25, -0.2) is 4.79 Å². The molecule has 0 spiro atoms. The summed E-state index contributed by atoms with van der Waals surface area (Å²) in [5.41, 5.74) is 1.09. The van der Waals surface area contributed by atoms with Crippen molar-refractivity contribution in [3.05, 3.63) is 63.1 Å². The third-order valence-electron chi connectivity index (χ3n) is 5.41. The fraction of sp³-hybridized carbons (Fsp3) is 0.348. The average molecular weight is 542 g/mol. The lowest BCUT2D eigenvalue weighted by molar-refractivity contribution is -0.139. The standard InChI is InChI=1S/C23H25Cl2N3O6S/c24-15-7-13(19(30)5-4-12-2-1-3-14(29)6-12)8-16(25)20(15)22(32)28-17(23(33)34)9-26-21(31)18-10-35-11-27-18/h1-3,6-8,17-19,27,29-30H,4-5,9-11H2,(H,26,31)(H,28,32)(H,33,34)/t17-,18-,19?/m0/s1. The third-order valence-corrected chi connectivity index (χ3v) is 6.95. The number of carboxylic acids is 1. The molecule has 1 saturated heterocycles. The molecule has 6 N–H and O–H groups in total. The molecule has 0 saturated carbocycles. The van der Waals surface area contributed by atoms with Crippen molar-refractivity contribution in [3.8, 4) is 5.75 Å². The maximum absolute atomic E-state index is 12.8. The third kappa shape index (κ3) is 7.49. The molecular formula is C23H25Cl2N3O6S. The minimum absolute atomic E-state index is 0.0539. The monoisotopic (exact) mass is 541 g/mol. The van der Waals surface area contributed by atoms with Crippen LogP contribution in [-0.2, 0) is 16.0 Å². The van der Waals surface area contributed by atoms with Crippen LogP contribution in [0.25, 0.3) is 0 Å². The Hall–Kier alpha value is -2.50. The number of aromatic hydroxyl groups is 1. The number of rotatable bonds is 10. The van der Waals surface area contributed by atoms with Gasteiger partial charge in [0.1, 0.15) is 11.8 Å². The average Bonchev–Trinajstić information content (AvgIpc) is 3.34. The number of aliphatic hydroxyl groups excluding tert-OH is 1. The summed E-state index contributed by atoms with van der Waals surface area (Å²) in [6.07, 6.45) is -0.140. The number of benzene rings is 2. The summed E-state index contributed by atoms with van der Waals surface area (Å²) < 4.78 is 0. The van der Waals surface area contributed by atoms with Crippen molar-refractivity contribution in [2.45, 2.75) is 31.0 Å². The Balaban J connectivity index is 1.63. The Morgan fingerprint density at radius 1 is 1.17 bits per heavy atom. The normalized spacial score (nSPS) is 16.9. The van der Waals surface area contributed by atoms with Crippen LogP contribution in [0.4, 0.5) is 0 Å². The Morgan fingerprint density at radius 3 is 2.49 bits per heavy atom. The van der Waals surface area contributed by atoms with E-state index in [-0.39, 0.29) is 33.8 Å². The number of aryl methyl sites for hydroxylation is 1. The zero-order valence-corrected chi connectivity index (χ0v) is 20.8. The number of thioether (sulfide) groups is 1. The van der Waals surface area contributed by atoms with Crippen LogP contribution in [0.3, 0.4) is 0 Å². The highest BCUT2D eigenvalue weighted by molar-refractivity contribution is 7.99. The van der Waals surface area contributed by atoms with Crippen LogP contribution in [0, 0.1) is 0 Å². The Labute approximate surface area is 216 Å². The topological polar surface area (TPSA) is 148 Å². The first kappa shape index (κ1) is 27.1. The van der Waals surface area contributed by atoms with Crippen LogP contribution in [0.2, 0.25) is 10.0 Å². The van der Waals surface area contributed by atoms with Crippen molar-refractivity contribution < 1.29 is 29.7 Å². The fourth-order valence-electron chi connectivity index (χ4n) is 3.50. The van der Waals surface area contributed by atoms with E-state index in [2.05, 4.69) is 16.0 Å². The van der Waals surface area contributed by atoms with Gasteiger partial charge >= 0.3 is 5.97 Å². The van der Waals surface area contributed by atoms with Gasteiger partial charge in [0.15, 0.2) is 0 Å². The predicted molar refractivity (Wildman–Crippen MR) is 134 cm³/mol. The molecule has 1 fully saturated rings. The highest BCUT2D eigenvalue weighted by Gasteiger charge is 2.27. The molecule has 2 aromatic carbocycles. The second kappa shape index (κ2) is 12.5. The Morgan fingerprint density at radius 2 is 1.89 bits per heavy atom. The first-order valence-corrected chi connectivity index (χ1v) is 12.6. The first-order chi connectivity index (χ1) is 16.7. The molecule has 1 heterocycles. The zero-order chi connectivity index (χ0) is 25.5. The van der Waals surface area contributed by atoms with Gasteiger partial charge in [-0.2, -0.15) is 0 Å². The van der Waals surface area contributed by atoms with Gasteiger partial charge in [-0.3, -0.25) is 14.9 Å². The van der Waals surface area contributed by atoms with Gasteiger partial charge in [0.25, 0.3) is 5.91 Å². The Bertz CT molecular complexity index is 1070. The van der Waals surface area contributed by atoms with Gasteiger partial charge in [-0.1, -0.05) is 35.3 Å². The van der Waals surface area contributed by atoms with Gasteiger partial charge in [-0.15, -0.1) is 11.8 Å². The molecular weight excluding hydrogens is 517 g/mol. The smallest absolute Gasteiger partial charge is 0.328 e. The number of phenolic OH excluding ortho intramolecular Hbond substituents is 1. The number of nitrogens with one attached hydrogen (secondary N) is 3. The van der Waals surface area contributed by atoms with Gasteiger partial charge in [0.05, 0.1) is 27.8 Å². The van der Waals surface area contributed by atoms with Gasteiger partial charge < -0.3 is 26.0 Å². The van der Waals surface area contributed by atoms with E-state index in [1.807, 2.05) is 6.07 Å². The van der Waals surface area contributed by atoms with Crippen molar-refractivity contribution in [1.29, 1.82) is 0 Å². The van der Waals surface area contributed by atoms with Crippen molar-refractivity contribution in [2.24, 2.45) is 0 Å². The molecule has 0 aliphatic carbocycles. The SMILES string of the molecule is O=C(N[C@@H](CNC(=O)[C@@H]1CSCN1)C(=O)O)c1c(Cl)cc(C(O)CCc2cccc(O)c2)cc1Cl. The summed E-state index contributed by atoms with van der Waals surface area (Å²) in [5, 5.41) is 37.3. The van der Waals surface area contributed by atoms with Gasteiger partial charge in [0.2, 0.25) is 5.91 Å². The zero-order valence-electron chi connectivity index (χ0n) is 18.5. The molecule has 1 aliphatic heterocycles. The number of hydrogen-bond acceptors (Lipinski definition) is 7. The van der Waals surface area contributed by atoms with Gasteiger partial charge in [0, 0.05) is 18.2 Å². The van der Waals surface area contributed by atoms with E-state index in [9.17, 15) is 29.7 Å². The number of carbonyl (C=O) groups is 3. The largest absolute Gasteiger partial charge is 0.508 e. The quantitative estimate of drug-likeness (QED) is 0.268. The summed E-state index contributed by atoms with van der Waals surface area (Å²) in [4.78, 5) is 36.5. The molecule has 35 heavy (non-hydrogen) atoms. The minimum Gasteiger partial charge on any atom is -0.508 e. The first-order valence-electron chi connectivity index (χ1n) is 10.7. The second-order valence-corrected chi connectivity index (χ2v) is 9.81. The maximum atomic E-state index is 12.8. The molecule has 2 aromatic rings. The number of phenols is 1. The summed E-state index contributed by atoms with van der Waals surface area (Å²) in [5.74, 6) is -1.17. The minimum atomic E-state index is -1.40. The number of amides is 2. The lowest BCUT2D eigenvalue weighted by Crippen LogP contribution is -2.51. The van der Waals surface area contributed by atoms with Crippen LogP contribution >= 0.6 is 35.0 Å². The molecule has 2 amide bonds. The van der Waals surface area contributed by atoms with Crippen molar-refractivity contribution in [1.82, 2.24) is 16.0 Å². The van der Waals surface area contributed by atoms with Crippen molar-refractivity contribution >= 4 is 52.7 Å². The lowest BCUT2D eigenvalue weighted by atomic mass is 10.00. The second-order valence-electron chi connectivity index (χ2n) is 7.97. The number of hydrogen-bond donors (Lipinski definition) is 6. The van der Waals surface area contributed by atoms with Crippen molar-refractivity contribution in [3.63, 3.8) is 0 Å². The molecule has 1 unspecified atom stereocenters. The van der Waals surface area contributed by atoms with Crippen LogP contribution in [-0.4, -0.2) is 63.4 Å². The van der Waals surface area contributed by atoms with Crippen LogP contribution in [0.5, 0.6) is 5.75 Å². The van der Waals surface area contributed by atoms with E-state index in [4.69, 9.17) is 23.2 Å². The van der Waals surface area contributed by atoms with E-state index in [0.717, 1.165) is 5.56 Å². The highest BCUT2D eigenvalue weighted by atomic mass is 35.5. The fourth-order valence-corrected chi connectivity index (χ4v) is 5.12. The van der Waals surface area contributed by atoms with Gasteiger partial charge in [-0.05, 0) is 48.2 Å². The Kier molecular flexibility index (Phi) is 9.64. The summed E-state index contributed by atoms with van der Waals surface area (Å²) in [6.45, 7) is -0.316. The van der Waals surface area contributed by atoms with Crippen LogP contribution in [0.15, 0.2) is 36.4 Å². The van der Waals surface area contributed by atoms with Crippen molar-refractivity contribution in [2.75, 3.05) is 18.2 Å². The van der Waals surface area contributed by atoms with Crippen LogP contribution < -0.4 is 16.0 Å². The molecule has 0 aromatic heterocycles. The number of carbonyl (C=O) groups excluding carboxylic acids is 2. The van der Waals surface area contributed by atoms with Crippen LogP contribution in [0.1, 0.15) is 34.0 Å². The molecule has 3 rings (SSSR count). The highest BCUT2D eigenvalue weighted by Crippen LogP contribution is 2.31. The summed E-state index contributed by atoms with van der Waals surface area (Å²) in [6, 6.07) is 7.67. The molecule has 0 radical (unpaired) electrons. The number of halogens is 2. The van der Waals surface area contributed by atoms with E-state index >= 15 is 0 Å². The van der Waals surface area contributed by atoms with E-state index < -0.39 is 30.1 Å². The molecule has 188 valence electrons. The predicted octanol–water partition coefficient (Wildman–Crippen LogP) is 2.33. The number of carboxylic acid groups (broad SMARTS) is 1. The van der Waals surface area contributed by atoms with E-state index in [0.29, 0.717) is 30.0 Å². The van der Waals surface area contributed by atoms with E-state index in [1.165, 1.54) is 12.1 Å². The lowest BCUT2D eigenvalue weighted by Gasteiger charge is -2.19. The molecule has 1 aliphatic rings. The molecule has 9 nitrogen and oxygen atoms in total.